The predicted molar refractivity (Wildman–Crippen MR) is 84.1 cm³/mol. The third-order valence-electron chi connectivity index (χ3n) is 4.04. The maximum atomic E-state index is 6.29. The monoisotopic (exact) mass is 293 g/mol. The van der Waals surface area contributed by atoms with E-state index in [0.717, 1.165) is 55.8 Å². The topological polar surface area (TPSA) is 39.7 Å². The first-order valence-electron chi connectivity index (χ1n) is 7.84. The van der Waals surface area contributed by atoms with Gasteiger partial charge in [-0.25, -0.2) is 0 Å². The van der Waals surface area contributed by atoms with Gasteiger partial charge in [-0.15, -0.1) is 0 Å². The minimum absolute atomic E-state index is 0.209. The van der Waals surface area contributed by atoms with Gasteiger partial charge in [-0.3, -0.25) is 0 Å². The number of para-hydroxylation sites is 1. The van der Waals surface area contributed by atoms with Crippen LogP contribution in [-0.2, 0) is 11.3 Å². The van der Waals surface area contributed by atoms with Crippen molar-refractivity contribution in [2.75, 3.05) is 20.8 Å². The molecule has 21 heavy (non-hydrogen) atoms. The Kier molecular flexibility index (Phi) is 6.33. The van der Waals surface area contributed by atoms with E-state index in [1.807, 2.05) is 12.1 Å². The first kappa shape index (κ1) is 16.1. The molecule has 118 valence electrons. The number of ether oxygens (including phenoxy) is 3. The van der Waals surface area contributed by atoms with Crippen LogP contribution in [0, 0.1) is 0 Å². The SMILES string of the molecule is CCNCc1cccc(OC)c1OC1CCCC(OC)C1. The molecular formula is C17H27NO3. The summed E-state index contributed by atoms with van der Waals surface area (Å²) < 4.78 is 17.3. The number of benzene rings is 1. The Morgan fingerprint density at radius 1 is 1.19 bits per heavy atom. The van der Waals surface area contributed by atoms with Crippen LogP contribution in [0.1, 0.15) is 38.2 Å². The van der Waals surface area contributed by atoms with Gasteiger partial charge < -0.3 is 19.5 Å². The molecular weight excluding hydrogens is 266 g/mol. The van der Waals surface area contributed by atoms with Crippen molar-refractivity contribution in [3.8, 4) is 11.5 Å². The molecule has 1 fully saturated rings. The molecule has 2 atom stereocenters. The molecule has 0 aliphatic heterocycles. The molecule has 1 aromatic carbocycles. The molecule has 1 aromatic rings. The quantitative estimate of drug-likeness (QED) is 0.838. The molecule has 1 aliphatic rings. The Bertz CT molecular complexity index is 436. The Morgan fingerprint density at radius 2 is 2.00 bits per heavy atom. The van der Waals surface area contributed by atoms with Crippen molar-refractivity contribution in [2.24, 2.45) is 0 Å². The van der Waals surface area contributed by atoms with Crippen molar-refractivity contribution < 1.29 is 14.2 Å². The second-order valence-corrected chi connectivity index (χ2v) is 5.49. The van der Waals surface area contributed by atoms with E-state index < -0.39 is 0 Å². The van der Waals surface area contributed by atoms with Crippen molar-refractivity contribution in [3.63, 3.8) is 0 Å². The highest BCUT2D eigenvalue weighted by Gasteiger charge is 2.25. The van der Waals surface area contributed by atoms with Crippen molar-refractivity contribution in [3.05, 3.63) is 23.8 Å². The molecule has 0 heterocycles. The van der Waals surface area contributed by atoms with E-state index in [2.05, 4.69) is 18.3 Å². The summed E-state index contributed by atoms with van der Waals surface area (Å²) in [5.74, 6) is 1.69. The average Bonchev–Trinajstić information content (AvgIpc) is 2.54. The van der Waals surface area contributed by atoms with Crippen LogP contribution >= 0.6 is 0 Å². The summed E-state index contributed by atoms with van der Waals surface area (Å²) in [6, 6.07) is 6.07. The molecule has 1 N–H and O–H groups in total. The van der Waals surface area contributed by atoms with Crippen LogP contribution in [-0.4, -0.2) is 33.0 Å². The molecule has 4 heteroatoms. The number of methoxy groups -OCH3 is 2. The molecule has 1 saturated carbocycles. The van der Waals surface area contributed by atoms with Gasteiger partial charge in [-0.1, -0.05) is 19.1 Å². The second kappa shape index (κ2) is 8.25. The van der Waals surface area contributed by atoms with E-state index in [1.54, 1.807) is 14.2 Å². The smallest absolute Gasteiger partial charge is 0.166 e. The Morgan fingerprint density at radius 3 is 2.71 bits per heavy atom. The number of hydrogen-bond acceptors (Lipinski definition) is 4. The van der Waals surface area contributed by atoms with Crippen LogP contribution in [0.3, 0.4) is 0 Å². The van der Waals surface area contributed by atoms with E-state index >= 15 is 0 Å². The minimum atomic E-state index is 0.209. The van der Waals surface area contributed by atoms with Gasteiger partial charge in [0.05, 0.1) is 13.2 Å². The first-order valence-corrected chi connectivity index (χ1v) is 7.84. The van der Waals surface area contributed by atoms with Gasteiger partial charge in [-0.2, -0.15) is 0 Å². The first-order chi connectivity index (χ1) is 10.3. The van der Waals surface area contributed by atoms with Crippen LogP contribution in [0.5, 0.6) is 11.5 Å². The number of rotatable bonds is 7. The summed E-state index contributed by atoms with van der Waals surface area (Å²) in [7, 11) is 3.48. The van der Waals surface area contributed by atoms with Gasteiger partial charge in [0, 0.05) is 25.6 Å². The summed E-state index contributed by atoms with van der Waals surface area (Å²) in [6.45, 7) is 3.83. The molecule has 0 bridgehead atoms. The van der Waals surface area contributed by atoms with Gasteiger partial charge in [0.15, 0.2) is 11.5 Å². The van der Waals surface area contributed by atoms with E-state index in [9.17, 15) is 0 Å². The summed E-state index contributed by atoms with van der Waals surface area (Å²) in [4.78, 5) is 0. The highest BCUT2D eigenvalue weighted by Crippen LogP contribution is 2.34. The number of hydrogen-bond donors (Lipinski definition) is 1. The highest BCUT2D eigenvalue weighted by atomic mass is 16.5. The zero-order chi connectivity index (χ0) is 15.1. The molecule has 0 saturated heterocycles. The van der Waals surface area contributed by atoms with E-state index in [4.69, 9.17) is 14.2 Å². The maximum absolute atomic E-state index is 6.29. The molecule has 1 aliphatic carbocycles. The lowest BCUT2D eigenvalue weighted by atomic mass is 9.95. The molecule has 0 aromatic heterocycles. The molecule has 0 radical (unpaired) electrons. The fraction of sp³-hybridized carbons (Fsp3) is 0.647. The van der Waals surface area contributed by atoms with Gasteiger partial charge in [0.1, 0.15) is 6.10 Å². The Hall–Kier alpha value is -1.26. The predicted octanol–water partition coefficient (Wildman–Crippen LogP) is 3.14. The van der Waals surface area contributed by atoms with Gasteiger partial charge in [0.25, 0.3) is 0 Å². The standard InChI is InChI=1S/C17H27NO3/c1-4-18-12-13-7-5-10-16(20-3)17(13)21-15-9-6-8-14(11-15)19-2/h5,7,10,14-15,18H,4,6,8-9,11-12H2,1-3H3. The Balaban J connectivity index is 2.12. The molecule has 2 rings (SSSR count). The third kappa shape index (κ3) is 4.35. The summed E-state index contributed by atoms with van der Waals surface area (Å²) in [6.07, 6.45) is 4.84. The summed E-state index contributed by atoms with van der Waals surface area (Å²) in [5.41, 5.74) is 1.15. The van der Waals surface area contributed by atoms with Gasteiger partial charge >= 0.3 is 0 Å². The fourth-order valence-corrected chi connectivity index (χ4v) is 2.84. The lowest BCUT2D eigenvalue weighted by molar-refractivity contribution is 0.0198. The van der Waals surface area contributed by atoms with Crippen LogP contribution in [0.15, 0.2) is 18.2 Å². The van der Waals surface area contributed by atoms with Crippen molar-refractivity contribution >= 4 is 0 Å². The van der Waals surface area contributed by atoms with Crippen LogP contribution in [0.2, 0.25) is 0 Å². The molecule has 0 spiro atoms. The normalized spacial score (nSPS) is 22.0. The lowest BCUT2D eigenvalue weighted by Crippen LogP contribution is -2.30. The van der Waals surface area contributed by atoms with Crippen molar-refractivity contribution in [2.45, 2.75) is 51.4 Å². The van der Waals surface area contributed by atoms with Crippen molar-refractivity contribution in [1.82, 2.24) is 5.32 Å². The van der Waals surface area contributed by atoms with E-state index in [1.165, 1.54) is 0 Å². The zero-order valence-corrected chi connectivity index (χ0v) is 13.4. The second-order valence-electron chi connectivity index (χ2n) is 5.49. The van der Waals surface area contributed by atoms with Crippen LogP contribution in [0.4, 0.5) is 0 Å². The van der Waals surface area contributed by atoms with Crippen LogP contribution in [0.25, 0.3) is 0 Å². The largest absolute Gasteiger partial charge is 0.493 e. The summed E-state index contributed by atoms with van der Waals surface area (Å²) >= 11 is 0. The van der Waals surface area contributed by atoms with Crippen LogP contribution < -0.4 is 14.8 Å². The molecule has 0 amide bonds. The minimum Gasteiger partial charge on any atom is -0.493 e. The van der Waals surface area contributed by atoms with Crippen molar-refractivity contribution in [1.29, 1.82) is 0 Å². The van der Waals surface area contributed by atoms with E-state index in [-0.39, 0.29) is 6.10 Å². The van der Waals surface area contributed by atoms with E-state index in [0.29, 0.717) is 6.10 Å². The zero-order valence-electron chi connectivity index (χ0n) is 13.4. The summed E-state index contributed by atoms with van der Waals surface area (Å²) in [5, 5.41) is 3.35. The molecule has 2 unspecified atom stereocenters. The Labute approximate surface area is 127 Å². The maximum Gasteiger partial charge on any atom is 0.166 e. The highest BCUT2D eigenvalue weighted by molar-refractivity contribution is 5.46. The van der Waals surface area contributed by atoms with Gasteiger partial charge in [-0.05, 0) is 31.9 Å². The third-order valence-corrected chi connectivity index (χ3v) is 4.04. The fourth-order valence-electron chi connectivity index (χ4n) is 2.84. The number of nitrogens with one attached hydrogen (secondary N) is 1. The molecule has 4 nitrogen and oxygen atoms in total. The average molecular weight is 293 g/mol. The lowest BCUT2D eigenvalue weighted by Gasteiger charge is -2.30. The van der Waals surface area contributed by atoms with Gasteiger partial charge in [0.2, 0.25) is 0 Å².